The number of rotatable bonds is 12. The Bertz CT molecular complexity index is 1500. The first-order valence-corrected chi connectivity index (χ1v) is 13.6. The van der Waals surface area contributed by atoms with E-state index in [1.165, 1.54) is 46.1 Å². The van der Waals surface area contributed by atoms with Crippen LogP contribution in [-0.4, -0.2) is 80.5 Å². The summed E-state index contributed by atoms with van der Waals surface area (Å²) in [6.07, 6.45) is 0.662. The van der Waals surface area contributed by atoms with Crippen LogP contribution >= 0.6 is 0 Å². The van der Waals surface area contributed by atoms with E-state index in [2.05, 4.69) is 36.6 Å². The molecular weight excluding hydrogens is 538 g/mol. The Hall–Kier alpha value is -4.30. The number of nitrogens with zero attached hydrogens (tertiary/aromatic N) is 6. The fourth-order valence-electron chi connectivity index (χ4n) is 3.87. The van der Waals surface area contributed by atoms with Crippen LogP contribution in [-0.2, 0) is 14.8 Å². The molecule has 0 aliphatic heterocycles. The van der Waals surface area contributed by atoms with Gasteiger partial charge in [0.2, 0.25) is 21.9 Å². The van der Waals surface area contributed by atoms with Gasteiger partial charge in [0.05, 0.1) is 27.4 Å². The third kappa shape index (κ3) is 6.46. The summed E-state index contributed by atoms with van der Waals surface area (Å²) in [6, 6.07) is 10.3. The first-order chi connectivity index (χ1) is 19.1. The van der Waals surface area contributed by atoms with Crippen molar-refractivity contribution in [2.24, 2.45) is 9.98 Å². The van der Waals surface area contributed by atoms with Crippen LogP contribution < -0.4 is 18.9 Å². The molecule has 0 aliphatic carbocycles. The number of ether oxygens (including phenoxy) is 4. The molecule has 0 saturated carbocycles. The van der Waals surface area contributed by atoms with Crippen molar-refractivity contribution in [2.45, 2.75) is 32.1 Å². The van der Waals surface area contributed by atoms with Gasteiger partial charge in [-0.25, -0.2) is 23.4 Å². The maximum atomic E-state index is 13.7. The predicted molar refractivity (Wildman–Crippen MR) is 153 cm³/mol. The Morgan fingerprint density at radius 2 is 1.68 bits per heavy atom. The lowest BCUT2D eigenvalue weighted by Gasteiger charge is -2.24. The second-order valence-electron chi connectivity index (χ2n) is 8.47. The van der Waals surface area contributed by atoms with Gasteiger partial charge in [0.1, 0.15) is 34.0 Å². The Labute approximate surface area is 233 Å². The van der Waals surface area contributed by atoms with Gasteiger partial charge < -0.3 is 18.9 Å². The predicted octanol–water partition coefficient (Wildman–Crippen LogP) is 3.52. The van der Waals surface area contributed by atoms with Crippen LogP contribution in [0.2, 0.25) is 0 Å². The van der Waals surface area contributed by atoms with E-state index in [0.717, 1.165) is 0 Å². The molecule has 1 aromatic carbocycles. The van der Waals surface area contributed by atoms with E-state index in [4.69, 9.17) is 18.9 Å². The Balaban J connectivity index is 2.17. The average Bonchev–Trinajstić information content (AvgIpc) is 3.37. The highest BCUT2D eigenvalue weighted by Crippen LogP contribution is 2.37. The number of amidine groups is 1. The quantitative estimate of drug-likeness (QED) is 0.254. The zero-order valence-electron chi connectivity index (χ0n) is 23.4. The number of benzene rings is 1. The molecule has 3 rings (SSSR count). The molecule has 0 amide bonds. The number of nitrogens with one attached hydrogen (secondary N) is 1. The zero-order chi connectivity index (χ0) is 29.4. The maximum absolute atomic E-state index is 13.7. The molecule has 14 heteroatoms. The Morgan fingerprint density at radius 3 is 2.25 bits per heavy atom. The number of hydrogen-bond acceptors (Lipinski definition) is 10. The van der Waals surface area contributed by atoms with Gasteiger partial charge >= 0.3 is 0 Å². The molecule has 0 spiro atoms. The first-order valence-electron chi connectivity index (χ1n) is 12.0. The first kappa shape index (κ1) is 30.2. The van der Waals surface area contributed by atoms with Gasteiger partial charge in [0.15, 0.2) is 5.82 Å². The van der Waals surface area contributed by atoms with E-state index >= 15 is 0 Å². The van der Waals surface area contributed by atoms with Crippen molar-refractivity contribution in [1.29, 1.82) is 0 Å². The van der Waals surface area contributed by atoms with Crippen LogP contribution in [0, 0.1) is 0 Å². The van der Waals surface area contributed by atoms with Gasteiger partial charge in [-0.15, -0.1) is 10.2 Å². The second-order valence-corrected chi connectivity index (χ2v) is 10.5. The summed E-state index contributed by atoms with van der Waals surface area (Å²) in [5.74, 6) is 1.64. The molecule has 40 heavy (non-hydrogen) atoms. The second kappa shape index (κ2) is 13.2. The summed E-state index contributed by atoms with van der Waals surface area (Å²) in [7, 11) is 1.77. The largest absolute Gasteiger partial charge is 0.494 e. The molecule has 3 aromatic rings. The summed E-state index contributed by atoms with van der Waals surface area (Å²) >= 11 is 0. The summed E-state index contributed by atoms with van der Waals surface area (Å²) in [5.41, 5.74) is 1.30. The summed E-state index contributed by atoms with van der Waals surface area (Å²) < 4.78 is 53.4. The molecule has 0 radical (unpaired) electrons. The Kier molecular flexibility index (Phi) is 9.96. The van der Waals surface area contributed by atoms with Gasteiger partial charge in [-0.05, 0) is 51.3 Å². The summed E-state index contributed by atoms with van der Waals surface area (Å²) in [6.45, 7) is 8.34. The monoisotopic (exact) mass is 571 g/mol. The minimum absolute atomic E-state index is 0.115. The number of aromatic nitrogens is 4. The minimum Gasteiger partial charge on any atom is -0.494 e. The van der Waals surface area contributed by atoms with Crippen molar-refractivity contribution in [3.8, 4) is 34.6 Å². The van der Waals surface area contributed by atoms with E-state index in [1.54, 1.807) is 50.2 Å². The molecule has 214 valence electrons. The van der Waals surface area contributed by atoms with Crippen LogP contribution in [0.4, 0.5) is 5.95 Å². The van der Waals surface area contributed by atoms with Crippen molar-refractivity contribution in [3.05, 3.63) is 48.2 Å². The van der Waals surface area contributed by atoms with Crippen molar-refractivity contribution >= 4 is 28.5 Å². The normalized spacial score (nSPS) is 13.9. The number of methoxy groups -OCH3 is 4. The van der Waals surface area contributed by atoms with E-state index in [9.17, 15) is 8.42 Å². The molecule has 2 heterocycles. The maximum Gasteiger partial charge on any atom is 0.243 e. The fourth-order valence-corrected chi connectivity index (χ4v) is 5.10. The van der Waals surface area contributed by atoms with Crippen LogP contribution in [0.5, 0.6) is 17.4 Å². The molecule has 2 aromatic heterocycles. The molecule has 2 atom stereocenters. The number of aliphatic imine (C=N–C) groups is 2. The van der Waals surface area contributed by atoms with Gasteiger partial charge in [-0.3, -0.25) is 9.29 Å². The highest BCUT2D eigenvalue weighted by Gasteiger charge is 2.33. The van der Waals surface area contributed by atoms with Crippen LogP contribution in [0.3, 0.4) is 0 Å². The lowest BCUT2D eigenvalue weighted by atomic mass is 10.1. The molecule has 0 bridgehead atoms. The highest BCUT2D eigenvalue weighted by atomic mass is 32.2. The zero-order valence-corrected chi connectivity index (χ0v) is 24.3. The number of sulfonamides is 1. The lowest BCUT2D eigenvalue weighted by molar-refractivity contribution is 0.130. The molecular formula is C26H33N7O6S. The minimum atomic E-state index is -4.12. The SMILES string of the molecule is C=NC(C)=N/C=C(\C)[C@H](OC)[C@@H](C)S(=O)(=O)Nc1nnc(-c2cccc(OC)n2)n1-c1c(OC)cccc1OC. The van der Waals surface area contributed by atoms with Gasteiger partial charge in [0.25, 0.3) is 0 Å². The number of para-hydroxylation sites is 1. The molecule has 0 saturated heterocycles. The van der Waals surface area contributed by atoms with Crippen molar-refractivity contribution < 1.29 is 27.4 Å². The van der Waals surface area contributed by atoms with Gasteiger partial charge in [0, 0.05) is 19.4 Å². The smallest absolute Gasteiger partial charge is 0.243 e. The topological polar surface area (TPSA) is 151 Å². The summed E-state index contributed by atoms with van der Waals surface area (Å²) in [4.78, 5) is 12.3. The van der Waals surface area contributed by atoms with Gasteiger partial charge in [-0.2, -0.15) is 0 Å². The molecule has 13 nitrogen and oxygen atoms in total. The molecule has 0 fully saturated rings. The van der Waals surface area contributed by atoms with Crippen LogP contribution in [0.15, 0.2) is 58.2 Å². The van der Waals surface area contributed by atoms with Gasteiger partial charge in [-0.1, -0.05) is 12.1 Å². The average molecular weight is 572 g/mol. The van der Waals surface area contributed by atoms with Crippen LogP contribution in [0.25, 0.3) is 17.2 Å². The van der Waals surface area contributed by atoms with E-state index in [-0.39, 0.29) is 11.8 Å². The number of anilines is 1. The third-order valence-electron chi connectivity index (χ3n) is 5.99. The van der Waals surface area contributed by atoms with E-state index in [1.807, 2.05) is 0 Å². The van der Waals surface area contributed by atoms with Crippen LogP contribution in [0.1, 0.15) is 20.8 Å². The Morgan fingerprint density at radius 1 is 1.02 bits per heavy atom. The number of hydrogen-bond donors (Lipinski definition) is 1. The fraction of sp³-hybridized carbons (Fsp3) is 0.346. The third-order valence-corrected chi connectivity index (χ3v) is 7.68. The highest BCUT2D eigenvalue weighted by molar-refractivity contribution is 7.93. The molecule has 1 N–H and O–H groups in total. The standard InChI is InChI=1S/C26H33N7O6S/c1-16(15-28-18(3)27-4)24(39-8)17(2)40(34,35)32-26-31-30-25(19-11-9-14-22(29-19)38-7)33(26)23-20(36-5)12-10-13-21(23)37-6/h9-15,17,24H,4H2,1-3,5-8H3,(H,31,32)/b16-15+,28-18?/t17-,24+/m1/s1. The van der Waals surface area contributed by atoms with Crippen molar-refractivity contribution in [2.75, 3.05) is 33.2 Å². The molecule has 0 aliphatic rings. The van der Waals surface area contributed by atoms with Crippen molar-refractivity contribution in [3.63, 3.8) is 0 Å². The lowest BCUT2D eigenvalue weighted by Crippen LogP contribution is -2.38. The van der Waals surface area contributed by atoms with E-state index in [0.29, 0.717) is 40.2 Å². The number of pyridine rings is 1. The summed E-state index contributed by atoms with van der Waals surface area (Å²) in [5, 5.41) is 7.38. The van der Waals surface area contributed by atoms with Crippen molar-refractivity contribution in [1.82, 2.24) is 19.7 Å². The van der Waals surface area contributed by atoms with E-state index < -0.39 is 21.4 Å². The molecule has 0 unspecified atom stereocenters.